The van der Waals surface area contributed by atoms with Crippen molar-refractivity contribution in [1.82, 2.24) is 15.2 Å². The van der Waals surface area contributed by atoms with Gasteiger partial charge in [-0.15, -0.1) is 21.5 Å². The lowest BCUT2D eigenvalue weighted by Crippen LogP contribution is -2.06. The van der Waals surface area contributed by atoms with Gasteiger partial charge in [0.2, 0.25) is 5.13 Å². The van der Waals surface area contributed by atoms with Gasteiger partial charge in [-0.2, -0.15) is 0 Å². The van der Waals surface area contributed by atoms with Gasteiger partial charge < -0.3 is 5.32 Å². The van der Waals surface area contributed by atoms with Crippen molar-refractivity contribution in [3.05, 3.63) is 21.1 Å². The van der Waals surface area contributed by atoms with Gasteiger partial charge in [-0.3, -0.25) is 0 Å². The van der Waals surface area contributed by atoms with E-state index < -0.39 is 0 Å². The van der Waals surface area contributed by atoms with Gasteiger partial charge in [0.05, 0.1) is 16.7 Å². The number of hydrogen-bond donors (Lipinski definition) is 1. The molecule has 4 nitrogen and oxygen atoms in total. The van der Waals surface area contributed by atoms with Crippen LogP contribution in [-0.4, -0.2) is 15.2 Å². The van der Waals surface area contributed by atoms with E-state index in [1.165, 1.54) is 0 Å². The van der Waals surface area contributed by atoms with Crippen molar-refractivity contribution in [2.24, 2.45) is 0 Å². The number of hydrogen-bond acceptors (Lipinski definition) is 6. The zero-order valence-electron chi connectivity index (χ0n) is 9.52. The van der Waals surface area contributed by atoms with E-state index in [9.17, 15) is 0 Å². The van der Waals surface area contributed by atoms with Crippen LogP contribution in [0.5, 0.6) is 0 Å². The maximum Gasteiger partial charge on any atom is 0.206 e. The zero-order valence-corrected chi connectivity index (χ0v) is 11.2. The Kier molecular flexibility index (Phi) is 3.50. The standard InChI is InChI=1S/C10H14N4S2/c1-4-9-13-14-10(16-9)11-6(2)8-5-15-7(3)12-8/h5-6H,4H2,1-3H3,(H,11,14). The summed E-state index contributed by atoms with van der Waals surface area (Å²) >= 11 is 3.27. The summed E-state index contributed by atoms with van der Waals surface area (Å²) in [7, 11) is 0. The molecule has 16 heavy (non-hydrogen) atoms. The molecule has 2 rings (SSSR count). The largest absolute Gasteiger partial charge is 0.352 e. The first-order chi connectivity index (χ1) is 7.69. The quantitative estimate of drug-likeness (QED) is 0.911. The van der Waals surface area contributed by atoms with Gasteiger partial charge >= 0.3 is 0 Å². The molecule has 0 fully saturated rings. The van der Waals surface area contributed by atoms with Crippen LogP contribution in [0.1, 0.15) is 35.6 Å². The van der Waals surface area contributed by atoms with Crippen molar-refractivity contribution in [2.45, 2.75) is 33.2 Å². The van der Waals surface area contributed by atoms with E-state index in [0.29, 0.717) is 0 Å². The predicted octanol–water partition coefficient (Wildman–Crippen LogP) is 3.04. The molecule has 0 aliphatic heterocycles. The summed E-state index contributed by atoms with van der Waals surface area (Å²) in [4.78, 5) is 4.45. The summed E-state index contributed by atoms with van der Waals surface area (Å²) in [5.41, 5.74) is 1.07. The lowest BCUT2D eigenvalue weighted by atomic mass is 10.3. The minimum atomic E-state index is 0.183. The fourth-order valence-corrected chi connectivity index (χ4v) is 2.77. The molecule has 0 spiro atoms. The number of aryl methyl sites for hydroxylation is 2. The van der Waals surface area contributed by atoms with Crippen LogP contribution in [-0.2, 0) is 6.42 Å². The minimum absolute atomic E-state index is 0.183. The number of nitrogens with zero attached hydrogens (tertiary/aromatic N) is 3. The molecule has 86 valence electrons. The monoisotopic (exact) mass is 254 g/mol. The first-order valence-corrected chi connectivity index (χ1v) is 6.89. The third-order valence-corrected chi connectivity index (χ3v) is 3.98. The molecule has 0 radical (unpaired) electrons. The summed E-state index contributed by atoms with van der Waals surface area (Å²) in [6.45, 7) is 6.18. The summed E-state index contributed by atoms with van der Waals surface area (Å²) < 4.78 is 0. The van der Waals surface area contributed by atoms with Crippen LogP contribution in [0.3, 0.4) is 0 Å². The van der Waals surface area contributed by atoms with Crippen molar-refractivity contribution in [3.63, 3.8) is 0 Å². The van der Waals surface area contributed by atoms with Crippen LogP contribution >= 0.6 is 22.7 Å². The highest BCUT2D eigenvalue weighted by Crippen LogP contribution is 2.23. The van der Waals surface area contributed by atoms with E-state index >= 15 is 0 Å². The first kappa shape index (κ1) is 11.5. The van der Waals surface area contributed by atoms with Gasteiger partial charge in [-0.1, -0.05) is 18.3 Å². The molecule has 1 unspecified atom stereocenters. The van der Waals surface area contributed by atoms with Crippen molar-refractivity contribution >= 4 is 27.8 Å². The molecule has 2 aromatic rings. The number of nitrogens with one attached hydrogen (secondary N) is 1. The average molecular weight is 254 g/mol. The van der Waals surface area contributed by atoms with Crippen LogP contribution in [0.15, 0.2) is 5.38 Å². The minimum Gasteiger partial charge on any atom is -0.352 e. The molecule has 1 atom stereocenters. The molecule has 0 bridgehead atoms. The topological polar surface area (TPSA) is 50.7 Å². The summed E-state index contributed by atoms with van der Waals surface area (Å²) in [6, 6.07) is 0.183. The Morgan fingerprint density at radius 2 is 2.25 bits per heavy atom. The van der Waals surface area contributed by atoms with E-state index in [-0.39, 0.29) is 6.04 Å². The smallest absolute Gasteiger partial charge is 0.206 e. The highest BCUT2D eigenvalue weighted by molar-refractivity contribution is 7.15. The molecule has 6 heteroatoms. The lowest BCUT2D eigenvalue weighted by molar-refractivity contribution is 0.836. The predicted molar refractivity (Wildman–Crippen MR) is 68.2 cm³/mol. The maximum absolute atomic E-state index is 4.45. The molecule has 1 N–H and O–H groups in total. The Morgan fingerprint density at radius 1 is 1.44 bits per heavy atom. The summed E-state index contributed by atoms with van der Waals surface area (Å²) in [5.74, 6) is 0. The average Bonchev–Trinajstić information content (AvgIpc) is 2.87. The van der Waals surface area contributed by atoms with E-state index in [1.54, 1.807) is 22.7 Å². The molecule has 0 amide bonds. The Bertz CT molecular complexity index is 463. The second kappa shape index (κ2) is 4.88. The van der Waals surface area contributed by atoms with Gasteiger partial charge in [-0.25, -0.2) is 4.98 Å². The van der Waals surface area contributed by atoms with Crippen molar-refractivity contribution in [2.75, 3.05) is 5.32 Å². The van der Waals surface area contributed by atoms with Crippen molar-refractivity contribution in [3.8, 4) is 0 Å². The van der Waals surface area contributed by atoms with Crippen LogP contribution in [0.2, 0.25) is 0 Å². The third kappa shape index (κ3) is 2.56. The maximum atomic E-state index is 4.45. The lowest BCUT2D eigenvalue weighted by Gasteiger charge is -2.08. The molecule has 2 heterocycles. The molecule has 0 saturated carbocycles. The Balaban J connectivity index is 2.04. The summed E-state index contributed by atoms with van der Waals surface area (Å²) in [5, 5.41) is 16.6. The highest BCUT2D eigenvalue weighted by atomic mass is 32.1. The molecule has 0 saturated heterocycles. The Morgan fingerprint density at radius 3 is 2.81 bits per heavy atom. The van der Waals surface area contributed by atoms with Gasteiger partial charge in [0, 0.05) is 5.38 Å². The molecule has 0 aliphatic rings. The molecule has 2 aromatic heterocycles. The second-order valence-corrected chi connectivity index (χ2v) is 5.64. The normalized spacial score (nSPS) is 12.7. The first-order valence-electron chi connectivity index (χ1n) is 5.20. The Labute approximate surface area is 103 Å². The van der Waals surface area contributed by atoms with Crippen molar-refractivity contribution < 1.29 is 0 Å². The number of thiazole rings is 1. The number of aromatic nitrogens is 3. The van der Waals surface area contributed by atoms with Gasteiger partial charge in [0.1, 0.15) is 5.01 Å². The molecule has 0 aliphatic carbocycles. The van der Waals surface area contributed by atoms with Gasteiger partial charge in [0.25, 0.3) is 0 Å². The fraction of sp³-hybridized carbons (Fsp3) is 0.500. The van der Waals surface area contributed by atoms with Gasteiger partial charge in [0.15, 0.2) is 0 Å². The van der Waals surface area contributed by atoms with Gasteiger partial charge in [-0.05, 0) is 20.3 Å². The van der Waals surface area contributed by atoms with E-state index in [1.807, 2.05) is 6.92 Å². The van der Waals surface area contributed by atoms with E-state index in [4.69, 9.17) is 0 Å². The van der Waals surface area contributed by atoms with Crippen LogP contribution in [0.4, 0.5) is 5.13 Å². The fourth-order valence-electron chi connectivity index (χ4n) is 1.29. The van der Waals surface area contributed by atoms with Crippen LogP contribution in [0.25, 0.3) is 0 Å². The van der Waals surface area contributed by atoms with Crippen LogP contribution in [0, 0.1) is 6.92 Å². The van der Waals surface area contributed by atoms with Crippen LogP contribution < -0.4 is 5.32 Å². The Hall–Kier alpha value is -1.01. The zero-order chi connectivity index (χ0) is 11.5. The van der Waals surface area contributed by atoms with Crippen molar-refractivity contribution in [1.29, 1.82) is 0 Å². The SMILES string of the molecule is CCc1nnc(NC(C)c2csc(C)n2)s1. The summed E-state index contributed by atoms with van der Waals surface area (Å²) in [6.07, 6.45) is 0.934. The highest BCUT2D eigenvalue weighted by Gasteiger charge is 2.11. The number of anilines is 1. The van der Waals surface area contributed by atoms with E-state index in [2.05, 4.69) is 39.7 Å². The third-order valence-electron chi connectivity index (χ3n) is 2.19. The molecular formula is C10H14N4S2. The van der Waals surface area contributed by atoms with E-state index in [0.717, 1.165) is 27.3 Å². The molecule has 0 aromatic carbocycles. The second-order valence-electron chi connectivity index (χ2n) is 3.51. The molecular weight excluding hydrogens is 240 g/mol. The number of rotatable bonds is 4.